The van der Waals surface area contributed by atoms with Crippen LogP contribution < -0.4 is 11.1 Å². The maximum absolute atomic E-state index is 12.9. The molecule has 1 amide bonds. The quantitative estimate of drug-likeness (QED) is 0.258. The van der Waals surface area contributed by atoms with Crippen molar-refractivity contribution >= 4 is 46.5 Å². The molecule has 1 aromatic heterocycles. The van der Waals surface area contributed by atoms with Crippen molar-refractivity contribution in [3.8, 4) is 5.75 Å². The van der Waals surface area contributed by atoms with Gasteiger partial charge in [-0.05, 0) is 65.6 Å². The molecule has 0 radical (unpaired) electrons. The number of amides is 1. The van der Waals surface area contributed by atoms with Gasteiger partial charge in [0.15, 0.2) is 0 Å². The van der Waals surface area contributed by atoms with Crippen LogP contribution in [0.2, 0.25) is 5.02 Å². The van der Waals surface area contributed by atoms with Crippen LogP contribution in [0.25, 0.3) is 23.1 Å². The molecule has 5 N–H and O–H groups in total. The molecule has 8 heteroatoms. The summed E-state index contributed by atoms with van der Waals surface area (Å²) in [6.07, 6.45) is 4.21. The zero-order valence-corrected chi connectivity index (χ0v) is 19.9. The van der Waals surface area contributed by atoms with Crippen LogP contribution in [-0.4, -0.2) is 39.7 Å². The highest BCUT2D eigenvalue weighted by Crippen LogP contribution is 2.22. The zero-order valence-electron chi connectivity index (χ0n) is 19.2. The Bertz CT molecular complexity index is 1430. The van der Waals surface area contributed by atoms with Gasteiger partial charge < -0.3 is 21.3 Å². The van der Waals surface area contributed by atoms with Gasteiger partial charge in [0.25, 0.3) is 5.91 Å². The van der Waals surface area contributed by atoms with Gasteiger partial charge in [-0.3, -0.25) is 4.79 Å². The summed E-state index contributed by atoms with van der Waals surface area (Å²) in [6.45, 7) is 0.176. The van der Waals surface area contributed by atoms with Gasteiger partial charge in [-0.25, -0.2) is 9.78 Å². The fourth-order valence-corrected chi connectivity index (χ4v) is 3.90. The van der Waals surface area contributed by atoms with Gasteiger partial charge in [0.1, 0.15) is 11.4 Å². The smallest absolute Gasteiger partial charge is 0.336 e. The predicted octanol–water partition coefficient (Wildman–Crippen LogP) is 4.76. The van der Waals surface area contributed by atoms with Crippen molar-refractivity contribution in [1.29, 1.82) is 0 Å². The standard InChI is InChI=1S/C28H24ClN3O4/c29-20-8-3-17(4-9-20)1-2-19-7-12-25-23(14-19)24(28(35)36)15-26(32-25)27(34)31-21(16-30)13-18-5-10-22(33)11-6-18/h1-12,14-15,21,33H,13,16,30H2,(H,31,34)(H,35,36)/t21-/m0/s1. The maximum atomic E-state index is 12.9. The molecule has 182 valence electrons. The first-order valence-electron chi connectivity index (χ1n) is 11.2. The van der Waals surface area contributed by atoms with Crippen molar-refractivity contribution in [3.05, 3.63) is 106 Å². The molecule has 0 saturated heterocycles. The first-order chi connectivity index (χ1) is 17.3. The van der Waals surface area contributed by atoms with Crippen molar-refractivity contribution in [2.24, 2.45) is 5.73 Å². The number of aromatic nitrogens is 1. The highest BCUT2D eigenvalue weighted by molar-refractivity contribution is 6.30. The summed E-state index contributed by atoms with van der Waals surface area (Å²) in [5.74, 6) is -1.52. The van der Waals surface area contributed by atoms with E-state index in [0.29, 0.717) is 22.3 Å². The van der Waals surface area contributed by atoms with E-state index >= 15 is 0 Å². The van der Waals surface area contributed by atoms with Crippen molar-refractivity contribution in [2.75, 3.05) is 6.54 Å². The van der Waals surface area contributed by atoms with Crippen LogP contribution in [0.5, 0.6) is 5.75 Å². The molecule has 4 rings (SSSR count). The van der Waals surface area contributed by atoms with E-state index in [1.54, 1.807) is 48.5 Å². The Hall–Kier alpha value is -4.20. The number of aromatic carboxylic acids is 1. The molecule has 0 saturated carbocycles. The minimum Gasteiger partial charge on any atom is -0.508 e. The number of carboxylic acids is 1. The molecule has 0 aliphatic carbocycles. The maximum Gasteiger partial charge on any atom is 0.336 e. The number of nitrogens with one attached hydrogen (secondary N) is 1. The van der Waals surface area contributed by atoms with Gasteiger partial charge in [-0.2, -0.15) is 0 Å². The lowest BCUT2D eigenvalue weighted by Crippen LogP contribution is -2.42. The van der Waals surface area contributed by atoms with Crippen LogP contribution >= 0.6 is 11.6 Å². The number of carbonyl (C=O) groups excluding carboxylic acids is 1. The van der Waals surface area contributed by atoms with Crippen LogP contribution in [0, 0.1) is 0 Å². The van der Waals surface area contributed by atoms with Crippen LogP contribution in [-0.2, 0) is 6.42 Å². The number of carboxylic acid groups (broad SMARTS) is 1. The Morgan fingerprint density at radius 2 is 1.64 bits per heavy atom. The third kappa shape index (κ3) is 6.07. The molecule has 0 spiro atoms. The summed E-state index contributed by atoms with van der Waals surface area (Å²) < 4.78 is 0. The Labute approximate surface area is 212 Å². The SMILES string of the molecule is NC[C@H](Cc1ccc(O)cc1)NC(=O)c1cc(C(=O)O)c2cc(C=Cc3ccc(Cl)cc3)ccc2n1. The number of rotatable bonds is 8. The third-order valence-electron chi connectivity index (χ3n) is 5.67. The molecular weight excluding hydrogens is 478 g/mol. The second-order valence-corrected chi connectivity index (χ2v) is 8.73. The highest BCUT2D eigenvalue weighted by atomic mass is 35.5. The van der Waals surface area contributed by atoms with Crippen molar-refractivity contribution in [3.63, 3.8) is 0 Å². The number of carbonyl (C=O) groups is 2. The highest BCUT2D eigenvalue weighted by Gasteiger charge is 2.19. The van der Waals surface area contributed by atoms with E-state index in [4.69, 9.17) is 17.3 Å². The van der Waals surface area contributed by atoms with Crippen LogP contribution in [0.15, 0.2) is 72.8 Å². The van der Waals surface area contributed by atoms with Gasteiger partial charge in [0.05, 0.1) is 11.1 Å². The molecule has 3 aromatic carbocycles. The predicted molar refractivity (Wildman–Crippen MR) is 141 cm³/mol. The minimum atomic E-state index is -1.16. The molecule has 0 unspecified atom stereocenters. The van der Waals surface area contributed by atoms with Crippen LogP contribution in [0.4, 0.5) is 0 Å². The molecule has 0 aliphatic rings. The number of hydrogen-bond acceptors (Lipinski definition) is 5. The summed E-state index contributed by atoms with van der Waals surface area (Å²) in [7, 11) is 0. The topological polar surface area (TPSA) is 126 Å². The third-order valence-corrected chi connectivity index (χ3v) is 5.92. The van der Waals surface area contributed by atoms with Crippen molar-refractivity contribution in [1.82, 2.24) is 10.3 Å². The molecular formula is C28H24ClN3O4. The van der Waals surface area contributed by atoms with E-state index in [9.17, 15) is 19.8 Å². The Kier molecular flexibility index (Phi) is 7.63. The molecule has 36 heavy (non-hydrogen) atoms. The summed E-state index contributed by atoms with van der Waals surface area (Å²) in [4.78, 5) is 29.4. The number of phenolic OH excluding ortho intramolecular Hbond substituents is 1. The van der Waals surface area contributed by atoms with E-state index in [-0.39, 0.29) is 23.6 Å². The number of halogens is 1. The first kappa shape index (κ1) is 24.9. The van der Waals surface area contributed by atoms with Gasteiger partial charge in [-0.15, -0.1) is 0 Å². The summed E-state index contributed by atoms with van der Waals surface area (Å²) in [6, 6.07) is 20.1. The Morgan fingerprint density at radius 3 is 2.31 bits per heavy atom. The summed E-state index contributed by atoms with van der Waals surface area (Å²) >= 11 is 5.92. The largest absolute Gasteiger partial charge is 0.508 e. The lowest BCUT2D eigenvalue weighted by Gasteiger charge is -2.17. The Morgan fingerprint density at radius 1 is 0.972 bits per heavy atom. The minimum absolute atomic E-state index is 0.00601. The molecule has 4 aromatic rings. The number of aromatic hydroxyl groups is 1. The van der Waals surface area contributed by atoms with E-state index in [1.807, 2.05) is 30.4 Å². The zero-order chi connectivity index (χ0) is 25.7. The van der Waals surface area contributed by atoms with E-state index in [1.165, 1.54) is 6.07 Å². The second kappa shape index (κ2) is 11.0. The van der Waals surface area contributed by atoms with Crippen LogP contribution in [0.1, 0.15) is 37.5 Å². The summed E-state index contributed by atoms with van der Waals surface area (Å²) in [5.41, 5.74) is 8.84. The fraction of sp³-hybridized carbons (Fsp3) is 0.107. The van der Waals surface area contributed by atoms with Crippen LogP contribution in [0.3, 0.4) is 0 Å². The number of benzene rings is 3. The van der Waals surface area contributed by atoms with Crippen molar-refractivity contribution < 1.29 is 19.8 Å². The van der Waals surface area contributed by atoms with Gasteiger partial charge in [-0.1, -0.05) is 54.1 Å². The normalized spacial score (nSPS) is 12.1. The lowest BCUT2D eigenvalue weighted by molar-refractivity contribution is 0.0699. The molecule has 1 heterocycles. The number of nitrogens with two attached hydrogens (primary N) is 1. The number of hydrogen-bond donors (Lipinski definition) is 4. The molecule has 7 nitrogen and oxygen atoms in total. The van der Waals surface area contributed by atoms with Gasteiger partial charge in [0.2, 0.25) is 0 Å². The molecule has 0 fully saturated rings. The number of phenols is 1. The van der Waals surface area contributed by atoms with E-state index < -0.39 is 17.9 Å². The monoisotopic (exact) mass is 501 g/mol. The molecule has 0 bridgehead atoms. The van der Waals surface area contributed by atoms with E-state index in [0.717, 1.165) is 16.7 Å². The number of nitrogens with zero attached hydrogens (tertiary/aromatic N) is 1. The average Bonchev–Trinajstić information content (AvgIpc) is 2.88. The number of pyridine rings is 1. The van der Waals surface area contributed by atoms with Gasteiger partial charge in [0, 0.05) is 23.0 Å². The van der Waals surface area contributed by atoms with Gasteiger partial charge >= 0.3 is 5.97 Å². The molecule has 1 atom stereocenters. The second-order valence-electron chi connectivity index (χ2n) is 8.30. The first-order valence-corrected chi connectivity index (χ1v) is 11.6. The summed E-state index contributed by atoms with van der Waals surface area (Å²) in [5, 5.41) is 23.2. The fourth-order valence-electron chi connectivity index (χ4n) is 3.78. The molecule has 0 aliphatic heterocycles. The average molecular weight is 502 g/mol. The number of fused-ring (bicyclic) bond motifs is 1. The Balaban J connectivity index is 1.58. The van der Waals surface area contributed by atoms with Crippen molar-refractivity contribution in [2.45, 2.75) is 12.5 Å². The van der Waals surface area contributed by atoms with E-state index in [2.05, 4.69) is 10.3 Å². The lowest BCUT2D eigenvalue weighted by atomic mass is 10.0.